The summed E-state index contributed by atoms with van der Waals surface area (Å²) in [4.78, 5) is 14.6. The lowest BCUT2D eigenvalue weighted by atomic mass is 10.0. The summed E-state index contributed by atoms with van der Waals surface area (Å²) >= 11 is 0. The van der Waals surface area contributed by atoms with Crippen molar-refractivity contribution in [2.24, 2.45) is 5.92 Å². The van der Waals surface area contributed by atoms with E-state index in [9.17, 15) is 13.2 Å². The lowest BCUT2D eigenvalue weighted by molar-refractivity contribution is 0.0728. The first kappa shape index (κ1) is 22.7. The zero-order valence-corrected chi connectivity index (χ0v) is 18.7. The highest BCUT2D eigenvalue weighted by molar-refractivity contribution is 7.92. The molecule has 0 spiro atoms. The van der Waals surface area contributed by atoms with Gasteiger partial charge in [0.15, 0.2) is 0 Å². The van der Waals surface area contributed by atoms with E-state index in [-0.39, 0.29) is 16.8 Å². The van der Waals surface area contributed by atoms with E-state index in [1.807, 2.05) is 6.92 Å². The summed E-state index contributed by atoms with van der Waals surface area (Å²) in [6.07, 6.45) is 0.873. The summed E-state index contributed by atoms with van der Waals surface area (Å²) in [6, 6.07) is 11.4. The van der Waals surface area contributed by atoms with Crippen LogP contribution < -0.4 is 9.46 Å². The number of aryl methyl sites for hydroxylation is 1. The largest absolute Gasteiger partial charge is 0.497 e. The molecule has 0 saturated heterocycles. The van der Waals surface area contributed by atoms with Crippen LogP contribution in [0, 0.1) is 12.8 Å². The van der Waals surface area contributed by atoms with Crippen LogP contribution in [0.1, 0.15) is 43.1 Å². The zero-order valence-electron chi connectivity index (χ0n) is 17.9. The van der Waals surface area contributed by atoms with Crippen molar-refractivity contribution in [3.8, 4) is 5.75 Å². The fourth-order valence-corrected chi connectivity index (χ4v) is 4.47. The average molecular weight is 419 g/mol. The van der Waals surface area contributed by atoms with Crippen molar-refractivity contribution in [3.05, 3.63) is 53.6 Å². The summed E-state index contributed by atoms with van der Waals surface area (Å²) in [5, 5.41) is 0. The van der Waals surface area contributed by atoms with Gasteiger partial charge < -0.3 is 9.64 Å². The van der Waals surface area contributed by atoms with Gasteiger partial charge in [0.05, 0.1) is 12.0 Å². The van der Waals surface area contributed by atoms with Gasteiger partial charge in [-0.3, -0.25) is 9.52 Å². The van der Waals surface area contributed by atoms with Crippen LogP contribution in [0.4, 0.5) is 5.69 Å². The maximum Gasteiger partial charge on any atom is 0.262 e. The topological polar surface area (TPSA) is 75.7 Å². The van der Waals surface area contributed by atoms with Crippen molar-refractivity contribution in [2.75, 3.05) is 18.9 Å². The number of hydrogen-bond acceptors (Lipinski definition) is 4. The van der Waals surface area contributed by atoms with Crippen molar-refractivity contribution in [1.82, 2.24) is 4.90 Å². The molecule has 0 aliphatic heterocycles. The molecule has 0 aromatic heterocycles. The van der Waals surface area contributed by atoms with Gasteiger partial charge in [0.1, 0.15) is 5.75 Å². The number of methoxy groups -OCH3 is 1. The highest BCUT2D eigenvalue weighted by Crippen LogP contribution is 2.23. The van der Waals surface area contributed by atoms with Crippen LogP contribution >= 0.6 is 0 Å². The summed E-state index contributed by atoms with van der Waals surface area (Å²) in [5.74, 6) is 0.900. The first-order chi connectivity index (χ1) is 13.5. The maximum atomic E-state index is 12.9. The van der Waals surface area contributed by atoms with Crippen molar-refractivity contribution in [2.45, 2.75) is 45.1 Å². The number of benzene rings is 2. The normalized spacial score (nSPS) is 12.5. The molecule has 0 bridgehead atoms. The summed E-state index contributed by atoms with van der Waals surface area (Å²) in [7, 11) is -0.551. The van der Waals surface area contributed by atoms with Crippen LogP contribution in [0.3, 0.4) is 0 Å². The Hall–Kier alpha value is -2.54. The lowest BCUT2D eigenvalue weighted by Crippen LogP contribution is -2.36. The number of carbonyl (C=O) groups is 1. The third-order valence-corrected chi connectivity index (χ3v) is 6.38. The number of hydrogen-bond donors (Lipinski definition) is 1. The molecule has 0 saturated carbocycles. The molecule has 6 nitrogen and oxygen atoms in total. The molecule has 0 aliphatic rings. The van der Waals surface area contributed by atoms with Gasteiger partial charge >= 0.3 is 0 Å². The molecular formula is C22H30N2O4S. The van der Waals surface area contributed by atoms with Crippen molar-refractivity contribution in [3.63, 3.8) is 0 Å². The molecule has 2 rings (SSSR count). The number of nitrogens with zero attached hydrogens (tertiary/aromatic N) is 1. The summed E-state index contributed by atoms with van der Waals surface area (Å²) in [5.41, 5.74) is 1.34. The quantitative estimate of drug-likeness (QED) is 0.693. The van der Waals surface area contributed by atoms with Crippen LogP contribution in [-0.2, 0) is 10.0 Å². The Morgan fingerprint density at radius 2 is 1.72 bits per heavy atom. The molecular weight excluding hydrogens is 388 g/mol. The van der Waals surface area contributed by atoms with E-state index in [1.54, 1.807) is 62.4 Å². The van der Waals surface area contributed by atoms with Gasteiger partial charge in [-0.25, -0.2) is 8.42 Å². The molecule has 0 heterocycles. The third-order valence-electron chi connectivity index (χ3n) is 4.86. The number of amides is 1. The highest BCUT2D eigenvalue weighted by Gasteiger charge is 2.23. The molecule has 1 unspecified atom stereocenters. The Morgan fingerprint density at radius 1 is 1.10 bits per heavy atom. The second kappa shape index (κ2) is 9.31. The molecule has 29 heavy (non-hydrogen) atoms. The summed E-state index contributed by atoms with van der Waals surface area (Å²) < 4.78 is 33.5. The number of rotatable bonds is 8. The van der Waals surface area contributed by atoms with Gasteiger partial charge in [0, 0.05) is 24.3 Å². The van der Waals surface area contributed by atoms with Crippen molar-refractivity contribution in [1.29, 1.82) is 0 Å². The highest BCUT2D eigenvalue weighted by atomic mass is 32.2. The number of sulfonamides is 1. The molecule has 2 aromatic rings. The number of ether oxygens (including phenoxy) is 1. The van der Waals surface area contributed by atoms with E-state index in [0.29, 0.717) is 28.5 Å². The predicted octanol–water partition coefficient (Wildman–Crippen LogP) is 4.31. The molecule has 0 fully saturated rings. The average Bonchev–Trinajstić information content (AvgIpc) is 2.66. The van der Waals surface area contributed by atoms with Crippen LogP contribution in [0.25, 0.3) is 0 Å². The molecule has 0 aliphatic carbocycles. The second-order valence-corrected chi connectivity index (χ2v) is 9.36. The van der Waals surface area contributed by atoms with E-state index in [0.717, 1.165) is 6.42 Å². The standard InChI is InChI=1S/C22H30N2O4S/c1-15(2)13-17(4)24(5)22(25)18-8-7-16(3)21(14-18)29(26,27)23-19-9-11-20(28-6)12-10-19/h7-12,14-15,17,23H,13H2,1-6H3. The third kappa shape index (κ3) is 5.73. The Morgan fingerprint density at radius 3 is 2.28 bits per heavy atom. The molecule has 0 radical (unpaired) electrons. The van der Waals surface area contributed by atoms with Gasteiger partial charge in [-0.15, -0.1) is 0 Å². The molecule has 2 aromatic carbocycles. The van der Waals surface area contributed by atoms with Crippen LogP contribution in [0.15, 0.2) is 47.4 Å². The number of carbonyl (C=O) groups excluding carboxylic acids is 1. The van der Waals surface area contributed by atoms with Gasteiger partial charge in [-0.2, -0.15) is 0 Å². The summed E-state index contributed by atoms with van der Waals surface area (Å²) in [6.45, 7) is 7.92. The minimum atomic E-state index is -3.85. The predicted molar refractivity (Wildman–Crippen MR) is 116 cm³/mol. The second-order valence-electron chi connectivity index (χ2n) is 7.71. The van der Waals surface area contributed by atoms with E-state index in [2.05, 4.69) is 18.6 Å². The van der Waals surface area contributed by atoms with Crippen molar-refractivity contribution >= 4 is 21.6 Å². The fraction of sp³-hybridized carbons (Fsp3) is 0.409. The van der Waals surface area contributed by atoms with Gasteiger partial charge in [0.2, 0.25) is 0 Å². The minimum absolute atomic E-state index is 0.0567. The molecule has 1 atom stereocenters. The van der Waals surface area contributed by atoms with Crippen molar-refractivity contribution < 1.29 is 17.9 Å². The Labute approximate surface area is 173 Å². The molecule has 1 amide bonds. The minimum Gasteiger partial charge on any atom is -0.497 e. The monoisotopic (exact) mass is 418 g/mol. The SMILES string of the molecule is COc1ccc(NS(=O)(=O)c2cc(C(=O)N(C)C(C)CC(C)C)ccc2C)cc1. The first-order valence-corrected chi connectivity index (χ1v) is 11.1. The van der Waals surface area contributed by atoms with E-state index >= 15 is 0 Å². The van der Waals surface area contributed by atoms with Crippen LogP contribution in [-0.4, -0.2) is 39.4 Å². The van der Waals surface area contributed by atoms with E-state index in [4.69, 9.17) is 4.74 Å². The van der Waals surface area contributed by atoms with E-state index < -0.39 is 10.0 Å². The number of anilines is 1. The van der Waals surface area contributed by atoms with E-state index in [1.165, 1.54) is 6.07 Å². The smallest absolute Gasteiger partial charge is 0.262 e. The molecule has 158 valence electrons. The number of nitrogens with one attached hydrogen (secondary N) is 1. The van der Waals surface area contributed by atoms with Gasteiger partial charge in [-0.1, -0.05) is 19.9 Å². The first-order valence-electron chi connectivity index (χ1n) is 9.60. The Bertz CT molecular complexity index is 953. The van der Waals surface area contributed by atoms with Crippen LogP contribution in [0.5, 0.6) is 5.75 Å². The zero-order chi connectivity index (χ0) is 21.8. The molecule has 1 N–H and O–H groups in total. The lowest BCUT2D eigenvalue weighted by Gasteiger charge is -2.26. The van der Waals surface area contributed by atoms with Gasteiger partial charge in [0.25, 0.3) is 15.9 Å². The fourth-order valence-electron chi connectivity index (χ4n) is 3.14. The Kier molecular flexibility index (Phi) is 7.30. The van der Waals surface area contributed by atoms with Crippen LogP contribution in [0.2, 0.25) is 0 Å². The Balaban J connectivity index is 2.29. The van der Waals surface area contributed by atoms with Gasteiger partial charge in [-0.05, 0) is 68.1 Å². The maximum absolute atomic E-state index is 12.9. The molecule has 7 heteroatoms.